The SMILES string of the molecule is COc1ncc(NC(=O)C(=O)N2CCCC(C)C2)cc1C(N)=O.c1ccc2sc(C3CCNCC3)nc2c1. The lowest BCUT2D eigenvalue weighted by atomic mass is 9.99. The number of para-hydroxylation sites is 1. The molecule has 2 fully saturated rings. The molecule has 5 rings (SSSR count). The van der Waals surface area contributed by atoms with Gasteiger partial charge in [0.15, 0.2) is 0 Å². The average Bonchev–Trinajstić information content (AvgIpc) is 3.38. The molecule has 38 heavy (non-hydrogen) atoms. The molecular weight excluding hydrogens is 504 g/mol. The predicted octanol–water partition coefficient (Wildman–Crippen LogP) is 3.15. The molecule has 2 saturated heterocycles. The number of fused-ring (bicyclic) bond motifs is 1. The first-order chi connectivity index (χ1) is 18.4. The van der Waals surface area contributed by atoms with Crippen LogP contribution in [0.2, 0.25) is 0 Å². The van der Waals surface area contributed by atoms with Gasteiger partial charge in [-0.05, 0) is 62.9 Å². The molecular formula is C27H34N6O4S. The molecule has 0 radical (unpaired) electrons. The highest BCUT2D eigenvalue weighted by atomic mass is 32.1. The van der Waals surface area contributed by atoms with E-state index in [0.29, 0.717) is 24.9 Å². The molecule has 2 aromatic heterocycles. The van der Waals surface area contributed by atoms with E-state index in [4.69, 9.17) is 15.5 Å². The highest BCUT2D eigenvalue weighted by Gasteiger charge is 2.26. The summed E-state index contributed by atoms with van der Waals surface area (Å²) in [7, 11) is 1.36. The highest BCUT2D eigenvalue weighted by molar-refractivity contribution is 7.18. The molecule has 10 nitrogen and oxygen atoms in total. The Morgan fingerprint density at radius 2 is 1.95 bits per heavy atom. The van der Waals surface area contributed by atoms with Crippen molar-refractivity contribution < 1.29 is 19.1 Å². The lowest BCUT2D eigenvalue weighted by molar-refractivity contribution is -0.144. The van der Waals surface area contributed by atoms with Crippen molar-refractivity contribution in [3.05, 3.63) is 47.1 Å². The quantitative estimate of drug-likeness (QED) is 0.434. The molecule has 2 aliphatic rings. The van der Waals surface area contributed by atoms with Crippen molar-refractivity contribution in [2.24, 2.45) is 11.7 Å². The number of rotatable bonds is 4. The van der Waals surface area contributed by atoms with Gasteiger partial charge in [-0.3, -0.25) is 14.4 Å². The van der Waals surface area contributed by atoms with E-state index < -0.39 is 17.7 Å². The van der Waals surface area contributed by atoms with Crippen LogP contribution in [0.3, 0.4) is 0 Å². The summed E-state index contributed by atoms with van der Waals surface area (Å²) in [5, 5.41) is 7.17. The van der Waals surface area contributed by atoms with Crippen LogP contribution in [-0.2, 0) is 9.59 Å². The molecule has 3 aromatic rings. The number of methoxy groups -OCH3 is 1. The van der Waals surface area contributed by atoms with Gasteiger partial charge in [-0.1, -0.05) is 19.1 Å². The van der Waals surface area contributed by atoms with Gasteiger partial charge in [-0.2, -0.15) is 0 Å². The van der Waals surface area contributed by atoms with Crippen molar-refractivity contribution in [2.45, 2.75) is 38.5 Å². The number of likely N-dealkylation sites (tertiary alicyclic amines) is 1. The molecule has 1 aromatic carbocycles. The normalized spacial score (nSPS) is 17.8. The Bertz CT molecular complexity index is 1260. The average molecular weight is 539 g/mol. The van der Waals surface area contributed by atoms with Gasteiger partial charge in [-0.15, -0.1) is 11.3 Å². The number of carbonyl (C=O) groups excluding carboxylic acids is 3. The largest absolute Gasteiger partial charge is 0.480 e. The number of nitrogens with one attached hydrogen (secondary N) is 2. The maximum Gasteiger partial charge on any atom is 0.313 e. The van der Waals surface area contributed by atoms with E-state index in [-0.39, 0.29) is 17.1 Å². The van der Waals surface area contributed by atoms with Crippen molar-refractivity contribution in [3.8, 4) is 5.88 Å². The molecule has 3 amide bonds. The maximum atomic E-state index is 12.2. The summed E-state index contributed by atoms with van der Waals surface area (Å²) in [6.07, 6.45) is 5.71. The molecule has 2 aliphatic heterocycles. The monoisotopic (exact) mass is 538 g/mol. The zero-order chi connectivity index (χ0) is 27.1. The Labute approximate surface area is 226 Å². The van der Waals surface area contributed by atoms with E-state index in [1.54, 1.807) is 0 Å². The number of hydrogen-bond acceptors (Lipinski definition) is 8. The third-order valence-corrected chi connectivity index (χ3v) is 7.90. The number of pyridine rings is 1. The Morgan fingerprint density at radius 1 is 1.18 bits per heavy atom. The van der Waals surface area contributed by atoms with Crippen LogP contribution in [-0.4, -0.2) is 65.9 Å². The van der Waals surface area contributed by atoms with Crippen molar-refractivity contribution in [1.82, 2.24) is 20.2 Å². The number of ether oxygens (including phenoxy) is 1. The summed E-state index contributed by atoms with van der Waals surface area (Å²) in [6, 6.07) is 9.76. The van der Waals surface area contributed by atoms with Crippen LogP contribution in [0.4, 0.5) is 5.69 Å². The second-order valence-electron chi connectivity index (χ2n) is 9.64. The third-order valence-electron chi connectivity index (χ3n) is 6.71. The molecule has 4 N–H and O–H groups in total. The van der Waals surface area contributed by atoms with Gasteiger partial charge in [-0.25, -0.2) is 9.97 Å². The minimum atomic E-state index is -0.763. The Morgan fingerprint density at radius 3 is 2.63 bits per heavy atom. The fraction of sp³-hybridized carbons (Fsp3) is 0.444. The summed E-state index contributed by atoms with van der Waals surface area (Å²) < 4.78 is 6.25. The number of carbonyl (C=O) groups is 3. The van der Waals surface area contributed by atoms with E-state index in [1.165, 1.54) is 46.8 Å². The molecule has 1 unspecified atom stereocenters. The van der Waals surface area contributed by atoms with Crippen LogP contribution >= 0.6 is 11.3 Å². The third kappa shape index (κ3) is 6.84. The smallest absolute Gasteiger partial charge is 0.313 e. The molecule has 0 saturated carbocycles. The number of anilines is 1. The lowest BCUT2D eigenvalue weighted by Gasteiger charge is -2.30. The van der Waals surface area contributed by atoms with Crippen LogP contribution in [0, 0.1) is 5.92 Å². The second-order valence-corrected chi connectivity index (χ2v) is 10.7. The zero-order valence-corrected chi connectivity index (χ0v) is 22.6. The number of thiazole rings is 1. The maximum absolute atomic E-state index is 12.2. The van der Waals surface area contributed by atoms with Gasteiger partial charge in [0.2, 0.25) is 5.88 Å². The Kier molecular flexibility index (Phi) is 9.24. The van der Waals surface area contributed by atoms with Gasteiger partial charge >= 0.3 is 11.8 Å². The van der Waals surface area contributed by atoms with Crippen LogP contribution in [0.15, 0.2) is 36.5 Å². The summed E-state index contributed by atoms with van der Waals surface area (Å²) in [4.78, 5) is 45.8. The van der Waals surface area contributed by atoms with Crippen molar-refractivity contribution in [1.29, 1.82) is 0 Å². The topological polar surface area (TPSA) is 140 Å². The molecule has 4 heterocycles. The lowest BCUT2D eigenvalue weighted by Crippen LogP contribution is -2.44. The van der Waals surface area contributed by atoms with Gasteiger partial charge in [0.1, 0.15) is 5.56 Å². The van der Waals surface area contributed by atoms with Gasteiger partial charge in [0.25, 0.3) is 5.91 Å². The van der Waals surface area contributed by atoms with E-state index in [0.717, 1.165) is 31.4 Å². The summed E-state index contributed by atoms with van der Waals surface area (Å²) in [6.45, 7) is 5.47. The van der Waals surface area contributed by atoms with Crippen LogP contribution in [0.25, 0.3) is 10.2 Å². The number of piperidine rings is 2. The fourth-order valence-corrected chi connectivity index (χ4v) is 5.83. The summed E-state index contributed by atoms with van der Waals surface area (Å²) >= 11 is 1.86. The van der Waals surface area contributed by atoms with Gasteiger partial charge < -0.3 is 26.0 Å². The first kappa shape index (κ1) is 27.5. The first-order valence-electron chi connectivity index (χ1n) is 12.9. The van der Waals surface area contributed by atoms with E-state index in [1.807, 2.05) is 18.3 Å². The van der Waals surface area contributed by atoms with Gasteiger partial charge in [0.05, 0.1) is 34.2 Å². The number of nitrogens with zero attached hydrogens (tertiary/aromatic N) is 3. The standard InChI is InChI=1S/C15H20N4O4.C12H14N2S/c1-9-4-3-5-19(8-9)15(22)13(21)18-10-6-11(12(16)20)14(23-2)17-7-10;1-2-4-11-10(3-1)14-12(15-11)9-5-7-13-8-6-9/h6-7,9H,3-5,8H2,1-2H3,(H2,16,20)(H,18,21);1-4,9,13H,5-8H2. The van der Waals surface area contributed by atoms with Crippen molar-refractivity contribution in [3.63, 3.8) is 0 Å². The molecule has 0 aliphatic carbocycles. The number of hydrogen-bond donors (Lipinski definition) is 3. The number of benzene rings is 1. The van der Waals surface area contributed by atoms with E-state index >= 15 is 0 Å². The van der Waals surface area contributed by atoms with Crippen molar-refractivity contribution >= 4 is 45.0 Å². The predicted molar refractivity (Wildman–Crippen MR) is 147 cm³/mol. The Balaban J connectivity index is 0.000000192. The Hall–Kier alpha value is -3.57. The summed E-state index contributed by atoms with van der Waals surface area (Å²) in [5.74, 6) is -0.962. The summed E-state index contributed by atoms with van der Waals surface area (Å²) in [5.41, 5.74) is 6.64. The van der Waals surface area contributed by atoms with Gasteiger partial charge in [0, 0.05) is 19.0 Å². The molecule has 0 bridgehead atoms. The zero-order valence-electron chi connectivity index (χ0n) is 21.7. The second kappa shape index (κ2) is 12.8. The van der Waals surface area contributed by atoms with E-state index in [9.17, 15) is 14.4 Å². The van der Waals surface area contributed by atoms with E-state index in [2.05, 4.69) is 39.9 Å². The van der Waals surface area contributed by atoms with Crippen LogP contribution < -0.4 is 21.1 Å². The molecule has 0 spiro atoms. The minimum Gasteiger partial charge on any atom is -0.480 e. The van der Waals surface area contributed by atoms with Crippen LogP contribution in [0.5, 0.6) is 5.88 Å². The van der Waals surface area contributed by atoms with Crippen molar-refractivity contribution in [2.75, 3.05) is 38.6 Å². The fourth-order valence-electron chi connectivity index (χ4n) is 4.70. The number of amides is 3. The highest BCUT2D eigenvalue weighted by Crippen LogP contribution is 2.32. The minimum absolute atomic E-state index is 0.0318. The van der Waals surface area contributed by atoms with Crippen LogP contribution in [0.1, 0.15) is 53.9 Å². The molecule has 1 atom stereocenters. The number of nitrogens with two attached hydrogens (primary N) is 1. The molecule has 11 heteroatoms. The first-order valence-corrected chi connectivity index (χ1v) is 13.7. The molecule has 202 valence electrons. The number of primary amides is 1. The number of aromatic nitrogens is 2.